The Hall–Kier alpha value is -1.43. The third-order valence-corrected chi connectivity index (χ3v) is 2.53. The molecular weight excluding hydrogens is 218 g/mol. The van der Waals surface area contributed by atoms with E-state index in [0.717, 1.165) is 5.56 Å². The maximum Gasteiger partial charge on any atom is 0.123 e. The molecule has 0 spiro atoms. The fourth-order valence-corrected chi connectivity index (χ4v) is 1.71. The zero-order valence-electron chi connectivity index (χ0n) is 9.76. The lowest BCUT2D eigenvalue weighted by molar-refractivity contribution is 0.156. The molecule has 1 aromatic rings. The summed E-state index contributed by atoms with van der Waals surface area (Å²) < 4.78 is 0. The molecule has 94 valence electrons. The summed E-state index contributed by atoms with van der Waals surface area (Å²) in [5.74, 6) is 0.0357. The van der Waals surface area contributed by atoms with Gasteiger partial charge in [-0.15, -0.1) is 0 Å². The molecule has 0 bridgehead atoms. The van der Waals surface area contributed by atoms with Gasteiger partial charge in [-0.2, -0.15) is 0 Å². The average molecular weight is 237 g/mol. The van der Waals surface area contributed by atoms with Crippen molar-refractivity contribution in [2.24, 2.45) is 5.73 Å². The Balaban J connectivity index is 2.80. The zero-order valence-corrected chi connectivity index (χ0v) is 9.76. The van der Waals surface area contributed by atoms with E-state index < -0.39 is 0 Å². The number of aliphatic hydroxyl groups is 2. The molecule has 5 N–H and O–H groups in total. The summed E-state index contributed by atoms with van der Waals surface area (Å²) >= 11 is 0. The predicted molar refractivity (Wildman–Crippen MR) is 66.9 cm³/mol. The highest BCUT2D eigenvalue weighted by Crippen LogP contribution is 2.10. The number of benzene rings is 1. The fraction of sp³-hybridized carbons (Fsp3) is 0.417. The number of nitrogens with one attached hydrogen (secondary N) is 1. The summed E-state index contributed by atoms with van der Waals surface area (Å²) in [4.78, 5) is 1.92. The van der Waals surface area contributed by atoms with Gasteiger partial charge in [-0.05, 0) is 5.56 Å². The molecule has 0 saturated heterocycles. The first-order valence-corrected chi connectivity index (χ1v) is 5.55. The zero-order chi connectivity index (χ0) is 12.7. The van der Waals surface area contributed by atoms with Gasteiger partial charge in [0.25, 0.3) is 0 Å². The summed E-state index contributed by atoms with van der Waals surface area (Å²) in [6, 6.07) is 7.42. The standard InChI is InChI=1S/C12H19N3O2/c13-12(14)11-4-2-1-3-10(11)9-15(5-7-16)6-8-17/h1-4,16-17H,5-9H2,(H3,13,14). The van der Waals surface area contributed by atoms with Gasteiger partial charge in [-0.3, -0.25) is 10.3 Å². The van der Waals surface area contributed by atoms with Crippen molar-refractivity contribution in [2.75, 3.05) is 26.3 Å². The number of amidine groups is 1. The molecule has 1 rings (SSSR count). The van der Waals surface area contributed by atoms with E-state index in [1.54, 1.807) is 6.07 Å². The second-order valence-electron chi connectivity index (χ2n) is 3.79. The molecule has 0 aliphatic carbocycles. The van der Waals surface area contributed by atoms with Gasteiger partial charge in [0.05, 0.1) is 13.2 Å². The van der Waals surface area contributed by atoms with Crippen molar-refractivity contribution < 1.29 is 10.2 Å². The van der Waals surface area contributed by atoms with E-state index in [9.17, 15) is 0 Å². The first kappa shape index (κ1) is 13.6. The molecule has 0 fully saturated rings. The van der Waals surface area contributed by atoms with E-state index >= 15 is 0 Å². The predicted octanol–water partition coefficient (Wildman–Crippen LogP) is -0.243. The minimum absolute atomic E-state index is 0.0357. The van der Waals surface area contributed by atoms with E-state index in [1.165, 1.54) is 0 Å². The Bertz CT molecular complexity index is 363. The summed E-state index contributed by atoms with van der Waals surface area (Å²) in [7, 11) is 0. The topological polar surface area (TPSA) is 93.6 Å². The second-order valence-corrected chi connectivity index (χ2v) is 3.79. The molecule has 0 heterocycles. The maximum absolute atomic E-state index is 8.93. The highest BCUT2D eigenvalue weighted by Gasteiger charge is 2.09. The largest absolute Gasteiger partial charge is 0.395 e. The summed E-state index contributed by atoms with van der Waals surface area (Å²) in [6.45, 7) is 1.64. The van der Waals surface area contributed by atoms with E-state index in [4.69, 9.17) is 21.4 Å². The third kappa shape index (κ3) is 4.14. The molecule has 0 unspecified atom stereocenters. The number of nitrogen functional groups attached to an aromatic ring is 1. The summed E-state index contributed by atoms with van der Waals surface area (Å²) in [6.07, 6.45) is 0. The van der Waals surface area contributed by atoms with Gasteiger partial charge >= 0.3 is 0 Å². The molecule has 5 nitrogen and oxygen atoms in total. The number of aliphatic hydroxyl groups excluding tert-OH is 2. The van der Waals surface area contributed by atoms with Crippen LogP contribution in [0.15, 0.2) is 24.3 Å². The number of nitrogens with zero attached hydrogens (tertiary/aromatic N) is 1. The van der Waals surface area contributed by atoms with Crippen molar-refractivity contribution in [1.29, 1.82) is 5.41 Å². The summed E-state index contributed by atoms with van der Waals surface area (Å²) in [5, 5.41) is 25.3. The van der Waals surface area contributed by atoms with Gasteiger partial charge in [0, 0.05) is 25.2 Å². The van der Waals surface area contributed by atoms with E-state index in [0.29, 0.717) is 25.2 Å². The van der Waals surface area contributed by atoms with E-state index in [-0.39, 0.29) is 19.0 Å². The molecule has 0 atom stereocenters. The Kier molecular flexibility index (Phi) is 5.62. The number of hydrogen-bond donors (Lipinski definition) is 4. The monoisotopic (exact) mass is 237 g/mol. The van der Waals surface area contributed by atoms with Gasteiger partial charge in [-0.1, -0.05) is 24.3 Å². The smallest absolute Gasteiger partial charge is 0.123 e. The van der Waals surface area contributed by atoms with E-state index in [1.807, 2.05) is 23.1 Å². The van der Waals surface area contributed by atoms with Crippen LogP contribution in [0, 0.1) is 5.41 Å². The van der Waals surface area contributed by atoms with Crippen LogP contribution in [0.5, 0.6) is 0 Å². The van der Waals surface area contributed by atoms with Crippen LogP contribution in [0.1, 0.15) is 11.1 Å². The van der Waals surface area contributed by atoms with Crippen molar-refractivity contribution in [3.05, 3.63) is 35.4 Å². The van der Waals surface area contributed by atoms with Crippen LogP contribution in [-0.4, -0.2) is 47.3 Å². The van der Waals surface area contributed by atoms with Gasteiger partial charge in [0.15, 0.2) is 0 Å². The Morgan fingerprint density at radius 1 is 1.18 bits per heavy atom. The molecule has 0 radical (unpaired) electrons. The molecule has 0 aromatic heterocycles. The lowest BCUT2D eigenvalue weighted by atomic mass is 10.1. The van der Waals surface area contributed by atoms with Gasteiger partial charge in [0.1, 0.15) is 5.84 Å². The molecule has 0 amide bonds. The van der Waals surface area contributed by atoms with E-state index in [2.05, 4.69) is 0 Å². The minimum atomic E-state index is 0.0357. The van der Waals surface area contributed by atoms with Crippen LogP contribution in [0.3, 0.4) is 0 Å². The summed E-state index contributed by atoms with van der Waals surface area (Å²) in [5.41, 5.74) is 7.14. The molecule has 1 aromatic carbocycles. The molecular formula is C12H19N3O2. The lowest BCUT2D eigenvalue weighted by Crippen LogP contribution is -2.30. The van der Waals surface area contributed by atoms with Crippen molar-refractivity contribution in [1.82, 2.24) is 4.90 Å². The van der Waals surface area contributed by atoms with Crippen LogP contribution in [0.4, 0.5) is 0 Å². The highest BCUT2D eigenvalue weighted by atomic mass is 16.3. The van der Waals surface area contributed by atoms with Gasteiger partial charge in [0.2, 0.25) is 0 Å². The lowest BCUT2D eigenvalue weighted by Gasteiger charge is -2.21. The Labute approximate surface area is 101 Å². The number of rotatable bonds is 7. The average Bonchev–Trinajstić information content (AvgIpc) is 2.30. The molecule has 17 heavy (non-hydrogen) atoms. The van der Waals surface area contributed by atoms with Crippen molar-refractivity contribution in [3.63, 3.8) is 0 Å². The second kappa shape index (κ2) is 7.01. The van der Waals surface area contributed by atoms with Crippen LogP contribution in [-0.2, 0) is 6.54 Å². The van der Waals surface area contributed by atoms with Crippen molar-refractivity contribution >= 4 is 5.84 Å². The third-order valence-electron chi connectivity index (χ3n) is 2.53. The molecule has 0 aliphatic heterocycles. The highest BCUT2D eigenvalue weighted by molar-refractivity contribution is 5.96. The van der Waals surface area contributed by atoms with Gasteiger partial charge < -0.3 is 15.9 Å². The minimum Gasteiger partial charge on any atom is -0.395 e. The normalized spacial score (nSPS) is 10.8. The van der Waals surface area contributed by atoms with Crippen LogP contribution in [0.25, 0.3) is 0 Å². The molecule has 0 aliphatic rings. The van der Waals surface area contributed by atoms with Crippen LogP contribution >= 0.6 is 0 Å². The SMILES string of the molecule is N=C(N)c1ccccc1CN(CCO)CCO. The molecule has 0 saturated carbocycles. The maximum atomic E-state index is 8.93. The quantitative estimate of drug-likeness (QED) is 0.389. The van der Waals surface area contributed by atoms with Gasteiger partial charge in [-0.25, -0.2) is 0 Å². The first-order chi connectivity index (χ1) is 8.19. The van der Waals surface area contributed by atoms with Crippen LogP contribution in [0.2, 0.25) is 0 Å². The number of hydrogen-bond acceptors (Lipinski definition) is 4. The Morgan fingerprint density at radius 2 is 1.76 bits per heavy atom. The fourth-order valence-electron chi connectivity index (χ4n) is 1.71. The first-order valence-electron chi connectivity index (χ1n) is 5.55. The van der Waals surface area contributed by atoms with Crippen LogP contribution < -0.4 is 5.73 Å². The van der Waals surface area contributed by atoms with Crippen molar-refractivity contribution in [3.8, 4) is 0 Å². The number of nitrogens with two attached hydrogens (primary N) is 1. The van der Waals surface area contributed by atoms with Crippen molar-refractivity contribution in [2.45, 2.75) is 6.54 Å². The molecule has 5 heteroatoms. The Morgan fingerprint density at radius 3 is 2.29 bits per heavy atom.